The molecule has 2 aromatic heterocycles. The molecule has 2 heterocycles. The van der Waals surface area contributed by atoms with E-state index in [9.17, 15) is 0 Å². The number of aromatic nitrogens is 2. The SMILES string of the molecule is Cc1cccc2cc3cnccc3nc12. The zero-order chi connectivity index (χ0) is 10.3. The Morgan fingerprint density at radius 2 is 2.00 bits per heavy atom. The first-order valence-electron chi connectivity index (χ1n) is 4.95. The van der Waals surface area contributed by atoms with E-state index in [0.29, 0.717) is 0 Å². The van der Waals surface area contributed by atoms with Gasteiger partial charge in [0.2, 0.25) is 0 Å². The summed E-state index contributed by atoms with van der Waals surface area (Å²) in [5, 5.41) is 2.27. The third-order valence-electron chi connectivity index (χ3n) is 2.64. The zero-order valence-electron chi connectivity index (χ0n) is 8.44. The minimum atomic E-state index is 1.01. The summed E-state index contributed by atoms with van der Waals surface area (Å²) in [6, 6.07) is 10.3. The Hall–Kier alpha value is -1.96. The van der Waals surface area contributed by atoms with Crippen LogP contribution >= 0.6 is 0 Å². The minimum absolute atomic E-state index is 1.01. The Morgan fingerprint density at radius 3 is 2.93 bits per heavy atom. The summed E-state index contributed by atoms with van der Waals surface area (Å²) in [5.74, 6) is 0. The van der Waals surface area contributed by atoms with Crippen LogP contribution < -0.4 is 0 Å². The number of rotatable bonds is 0. The molecular weight excluding hydrogens is 184 g/mol. The van der Waals surface area contributed by atoms with E-state index >= 15 is 0 Å². The monoisotopic (exact) mass is 194 g/mol. The van der Waals surface area contributed by atoms with Gasteiger partial charge in [-0.05, 0) is 24.6 Å². The van der Waals surface area contributed by atoms with Crippen LogP contribution in [0.4, 0.5) is 0 Å². The molecule has 0 amide bonds. The summed E-state index contributed by atoms with van der Waals surface area (Å²) in [5.41, 5.74) is 3.30. The third-order valence-corrected chi connectivity index (χ3v) is 2.64. The summed E-state index contributed by atoms with van der Waals surface area (Å²) in [6.45, 7) is 2.09. The number of pyridine rings is 2. The maximum Gasteiger partial charge on any atom is 0.0740 e. The highest BCUT2D eigenvalue weighted by molar-refractivity contribution is 5.93. The average Bonchev–Trinajstić information content (AvgIpc) is 2.27. The number of nitrogens with zero attached hydrogens (tertiary/aromatic N) is 2. The van der Waals surface area contributed by atoms with Gasteiger partial charge in [0.05, 0.1) is 11.0 Å². The Morgan fingerprint density at radius 1 is 1.07 bits per heavy atom. The second-order valence-electron chi connectivity index (χ2n) is 3.70. The number of benzene rings is 1. The van der Waals surface area contributed by atoms with Gasteiger partial charge < -0.3 is 0 Å². The fraction of sp³-hybridized carbons (Fsp3) is 0.0769. The molecule has 2 heteroatoms. The van der Waals surface area contributed by atoms with Crippen LogP contribution in [0.3, 0.4) is 0 Å². The number of fused-ring (bicyclic) bond motifs is 2. The topological polar surface area (TPSA) is 25.8 Å². The molecule has 0 aliphatic rings. The van der Waals surface area contributed by atoms with E-state index in [1.807, 2.05) is 12.3 Å². The predicted octanol–water partition coefficient (Wildman–Crippen LogP) is 3.09. The van der Waals surface area contributed by atoms with Gasteiger partial charge in [0, 0.05) is 23.2 Å². The fourth-order valence-electron chi connectivity index (χ4n) is 1.85. The summed E-state index contributed by atoms with van der Waals surface area (Å²) in [4.78, 5) is 8.74. The number of para-hydroxylation sites is 1. The zero-order valence-corrected chi connectivity index (χ0v) is 8.44. The first-order valence-corrected chi connectivity index (χ1v) is 4.95. The van der Waals surface area contributed by atoms with E-state index in [1.54, 1.807) is 6.20 Å². The Labute approximate surface area is 87.6 Å². The molecule has 0 saturated carbocycles. The maximum absolute atomic E-state index is 4.64. The minimum Gasteiger partial charge on any atom is -0.264 e. The molecule has 15 heavy (non-hydrogen) atoms. The van der Waals surface area contributed by atoms with Crippen LogP contribution in [-0.4, -0.2) is 9.97 Å². The second kappa shape index (κ2) is 3.02. The van der Waals surface area contributed by atoms with E-state index in [0.717, 1.165) is 16.4 Å². The molecule has 0 bridgehead atoms. The molecule has 2 nitrogen and oxygen atoms in total. The number of aryl methyl sites for hydroxylation is 1. The third kappa shape index (κ3) is 1.26. The van der Waals surface area contributed by atoms with Crippen LogP contribution in [-0.2, 0) is 0 Å². The molecule has 0 unspecified atom stereocenters. The summed E-state index contributed by atoms with van der Waals surface area (Å²) >= 11 is 0. The van der Waals surface area contributed by atoms with Gasteiger partial charge in [-0.3, -0.25) is 4.98 Å². The van der Waals surface area contributed by atoms with Crippen molar-refractivity contribution in [3.63, 3.8) is 0 Å². The van der Waals surface area contributed by atoms with Crippen LogP contribution in [0.1, 0.15) is 5.56 Å². The fourth-order valence-corrected chi connectivity index (χ4v) is 1.85. The molecule has 0 spiro atoms. The molecule has 0 radical (unpaired) electrons. The lowest BCUT2D eigenvalue weighted by molar-refractivity contribution is 1.34. The van der Waals surface area contributed by atoms with Gasteiger partial charge in [-0.2, -0.15) is 0 Å². The van der Waals surface area contributed by atoms with Crippen molar-refractivity contribution in [2.75, 3.05) is 0 Å². The molecule has 72 valence electrons. The van der Waals surface area contributed by atoms with Gasteiger partial charge in [-0.1, -0.05) is 18.2 Å². The normalized spacial score (nSPS) is 11.0. The molecule has 3 rings (SSSR count). The highest BCUT2D eigenvalue weighted by atomic mass is 14.7. The summed E-state index contributed by atoms with van der Waals surface area (Å²) in [6.07, 6.45) is 3.63. The molecule has 1 aromatic carbocycles. The van der Waals surface area contributed by atoms with Crippen molar-refractivity contribution in [2.45, 2.75) is 6.92 Å². The molecule has 0 aliphatic heterocycles. The average molecular weight is 194 g/mol. The maximum atomic E-state index is 4.64. The molecule has 3 aromatic rings. The molecule has 0 saturated heterocycles. The standard InChI is InChI=1S/C13H10N2/c1-9-3-2-4-10-7-11-8-14-6-5-12(11)15-13(9)10/h2-8H,1H3. The van der Waals surface area contributed by atoms with E-state index in [4.69, 9.17) is 0 Å². The highest BCUT2D eigenvalue weighted by Crippen LogP contribution is 2.20. The molecule has 0 fully saturated rings. The lowest BCUT2D eigenvalue weighted by Crippen LogP contribution is -1.85. The van der Waals surface area contributed by atoms with Crippen LogP contribution in [0.15, 0.2) is 42.7 Å². The van der Waals surface area contributed by atoms with Gasteiger partial charge in [0.1, 0.15) is 0 Å². The van der Waals surface area contributed by atoms with Gasteiger partial charge in [0.25, 0.3) is 0 Å². The van der Waals surface area contributed by atoms with Crippen LogP contribution in [0.2, 0.25) is 0 Å². The van der Waals surface area contributed by atoms with Crippen molar-refractivity contribution < 1.29 is 0 Å². The smallest absolute Gasteiger partial charge is 0.0740 e. The van der Waals surface area contributed by atoms with Gasteiger partial charge in [-0.15, -0.1) is 0 Å². The first-order chi connectivity index (χ1) is 7.34. The lowest BCUT2D eigenvalue weighted by Gasteiger charge is -2.03. The molecular formula is C13H10N2. The number of hydrogen-bond donors (Lipinski definition) is 0. The summed E-state index contributed by atoms with van der Waals surface area (Å²) < 4.78 is 0. The molecule has 0 N–H and O–H groups in total. The van der Waals surface area contributed by atoms with Crippen molar-refractivity contribution >= 4 is 21.8 Å². The number of hydrogen-bond acceptors (Lipinski definition) is 2. The lowest BCUT2D eigenvalue weighted by atomic mass is 10.1. The quantitative estimate of drug-likeness (QED) is 0.514. The van der Waals surface area contributed by atoms with Crippen molar-refractivity contribution in [3.05, 3.63) is 48.3 Å². The van der Waals surface area contributed by atoms with E-state index in [-0.39, 0.29) is 0 Å². The largest absolute Gasteiger partial charge is 0.264 e. The van der Waals surface area contributed by atoms with Gasteiger partial charge >= 0.3 is 0 Å². The Bertz CT molecular complexity index is 644. The van der Waals surface area contributed by atoms with Crippen molar-refractivity contribution in [3.8, 4) is 0 Å². The van der Waals surface area contributed by atoms with Crippen molar-refractivity contribution in [2.24, 2.45) is 0 Å². The highest BCUT2D eigenvalue weighted by Gasteiger charge is 2.00. The molecule has 0 atom stereocenters. The van der Waals surface area contributed by atoms with Crippen LogP contribution in [0.25, 0.3) is 21.8 Å². The predicted molar refractivity (Wildman–Crippen MR) is 61.8 cm³/mol. The second-order valence-corrected chi connectivity index (χ2v) is 3.70. The van der Waals surface area contributed by atoms with E-state index in [2.05, 4.69) is 41.2 Å². The van der Waals surface area contributed by atoms with E-state index in [1.165, 1.54) is 10.9 Å². The van der Waals surface area contributed by atoms with Crippen LogP contribution in [0.5, 0.6) is 0 Å². The molecule has 0 aliphatic carbocycles. The Kier molecular flexibility index (Phi) is 1.68. The van der Waals surface area contributed by atoms with Gasteiger partial charge in [-0.25, -0.2) is 4.98 Å². The van der Waals surface area contributed by atoms with Crippen molar-refractivity contribution in [1.29, 1.82) is 0 Å². The first kappa shape index (κ1) is 8.36. The van der Waals surface area contributed by atoms with Crippen LogP contribution in [0, 0.1) is 6.92 Å². The van der Waals surface area contributed by atoms with E-state index < -0.39 is 0 Å². The summed E-state index contributed by atoms with van der Waals surface area (Å²) in [7, 11) is 0. The Balaban J connectivity index is 2.53. The van der Waals surface area contributed by atoms with Crippen molar-refractivity contribution in [1.82, 2.24) is 9.97 Å². The van der Waals surface area contributed by atoms with Gasteiger partial charge in [0.15, 0.2) is 0 Å².